The second-order valence-electron chi connectivity index (χ2n) is 6.37. The van der Waals surface area contributed by atoms with E-state index >= 15 is 0 Å². The van der Waals surface area contributed by atoms with Gasteiger partial charge in [0.15, 0.2) is 0 Å². The van der Waals surface area contributed by atoms with Crippen LogP contribution in [0.4, 0.5) is 10.1 Å². The minimum Gasteiger partial charge on any atom is -0.312 e. The zero-order valence-corrected chi connectivity index (χ0v) is 13.4. The lowest BCUT2D eigenvalue weighted by molar-refractivity contribution is -0.126. The van der Waals surface area contributed by atoms with Gasteiger partial charge in [-0.1, -0.05) is 24.5 Å². The van der Waals surface area contributed by atoms with E-state index in [1.807, 2.05) is 0 Å². The Morgan fingerprint density at radius 1 is 1.17 bits per heavy atom. The monoisotopic (exact) mass is 332 g/mol. The molecule has 0 bridgehead atoms. The Kier molecular flexibility index (Phi) is 5.17. The van der Waals surface area contributed by atoms with E-state index in [1.54, 1.807) is 0 Å². The summed E-state index contributed by atoms with van der Waals surface area (Å²) in [5.41, 5.74) is 3.05. The molecule has 2 amide bonds. The van der Waals surface area contributed by atoms with Crippen molar-refractivity contribution in [2.45, 2.75) is 44.6 Å². The molecule has 1 unspecified atom stereocenters. The number of nitrogens with zero attached hydrogens (tertiary/aromatic N) is 3. The van der Waals surface area contributed by atoms with Gasteiger partial charge in [-0.3, -0.25) is 9.59 Å². The van der Waals surface area contributed by atoms with E-state index in [0.717, 1.165) is 25.7 Å². The molecule has 1 atom stereocenters. The first-order valence-electron chi connectivity index (χ1n) is 8.39. The molecular formula is C17H21FN4O2. The Morgan fingerprint density at radius 3 is 2.58 bits per heavy atom. The quantitative estimate of drug-likeness (QED) is 0.680. The van der Waals surface area contributed by atoms with Crippen molar-refractivity contribution in [2.75, 3.05) is 11.4 Å². The van der Waals surface area contributed by atoms with Gasteiger partial charge < -0.3 is 4.90 Å². The van der Waals surface area contributed by atoms with Crippen LogP contribution in [0.15, 0.2) is 34.6 Å². The summed E-state index contributed by atoms with van der Waals surface area (Å²) >= 11 is 0. The Bertz CT molecular complexity index is 626. The van der Waals surface area contributed by atoms with Gasteiger partial charge in [-0.25, -0.2) is 9.82 Å². The lowest BCUT2D eigenvalue weighted by Crippen LogP contribution is -2.30. The SMILES string of the molecule is O=C(NN=NC1CCCCC1)C1CC(=O)N(c2ccc(F)cc2)C1. The summed E-state index contributed by atoms with van der Waals surface area (Å²) in [5, 5.41) is 7.97. The first kappa shape index (κ1) is 16.5. The molecule has 1 aromatic rings. The molecule has 6 nitrogen and oxygen atoms in total. The van der Waals surface area contributed by atoms with Crippen LogP contribution in [0.5, 0.6) is 0 Å². The second kappa shape index (κ2) is 7.51. The number of anilines is 1. The Morgan fingerprint density at radius 2 is 1.88 bits per heavy atom. The first-order valence-corrected chi connectivity index (χ1v) is 8.39. The third-order valence-corrected chi connectivity index (χ3v) is 4.59. The van der Waals surface area contributed by atoms with Crippen molar-refractivity contribution in [3.05, 3.63) is 30.1 Å². The van der Waals surface area contributed by atoms with Crippen LogP contribution in [0.25, 0.3) is 0 Å². The Labute approximate surface area is 140 Å². The summed E-state index contributed by atoms with van der Waals surface area (Å²) in [5.74, 6) is -1.27. The highest BCUT2D eigenvalue weighted by Gasteiger charge is 2.35. The average molecular weight is 332 g/mol. The predicted octanol–water partition coefficient (Wildman–Crippen LogP) is 2.99. The Balaban J connectivity index is 1.53. The lowest BCUT2D eigenvalue weighted by atomic mass is 9.96. The number of benzene rings is 1. The molecule has 0 radical (unpaired) electrons. The largest absolute Gasteiger partial charge is 0.312 e. The van der Waals surface area contributed by atoms with Gasteiger partial charge in [-0.15, -0.1) is 0 Å². The highest BCUT2D eigenvalue weighted by atomic mass is 19.1. The van der Waals surface area contributed by atoms with Crippen molar-refractivity contribution in [1.82, 2.24) is 5.43 Å². The van der Waals surface area contributed by atoms with Gasteiger partial charge in [-0.2, -0.15) is 5.11 Å². The fraction of sp³-hybridized carbons (Fsp3) is 0.529. The topological polar surface area (TPSA) is 74.1 Å². The highest BCUT2D eigenvalue weighted by molar-refractivity contribution is 6.00. The molecule has 1 saturated carbocycles. The molecule has 24 heavy (non-hydrogen) atoms. The molecular weight excluding hydrogens is 311 g/mol. The van der Waals surface area contributed by atoms with E-state index in [-0.39, 0.29) is 36.6 Å². The third-order valence-electron chi connectivity index (χ3n) is 4.59. The molecule has 1 heterocycles. The van der Waals surface area contributed by atoms with E-state index in [9.17, 15) is 14.0 Å². The summed E-state index contributed by atoms with van der Waals surface area (Å²) in [7, 11) is 0. The highest BCUT2D eigenvalue weighted by Crippen LogP contribution is 2.25. The van der Waals surface area contributed by atoms with E-state index in [0.29, 0.717) is 5.69 Å². The maximum atomic E-state index is 13.0. The number of amides is 2. The van der Waals surface area contributed by atoms with E-state index in [4.69, 9.17) is 0 Å². The van der Waals surface area contributed by atoms with Crippen molar-refractivity contribution in [3.8, 4) is 0 Å². The minimum atomic E-state index is -0.465. The summed E-state index contributed by atoms with van der Waals surface area (Å²) in [6.45, 7) is 0.273. The minimum absolute atomic E-state index is 0.127. The molecule has 1 aliphatic carbocycles. The van der Waals surface area contributed by atoms with Crippen molar-refractivity contribution in [1.29, 1.82) is 0 Å². The number of carbonyl (C=O) groups excluding carboxylic acids is 2. The van der Waals surface area contributed by atoms with Crippen LogP contribution < -0.4 is 10.3 Å². The average Bonchev–Trinajstić information content (AvgIpc) is 2.98. The van der Waals surface area contributed by atoms with Crippen LogP contribution in [-0.4, -0.2) is 24.4 Å². The predicted molar refractivity (Wildman–Crippen MR) is 86.7 cm³/mol. The maximum Gasteiger partial charge on any atom is 0.246 e. The summed E-state index contributed by atoms with van der Waals surface area (Å²) < 4.78 is 13.0. The normalized spacial score (nSPS) is 22.3. The Hall–Kier alpha value is -2.31. The second-order valence-corrected chi connectivity index (χ2v) is 6.37. The number of hydrogen-bond acceptors (Lipinski definition) is 4. The van der Waals surface area contributed by atoms with Gasteiger partial charge in [0.25, 0.3) is 0 Å². The molecule has 1 aromatic carbocycles. The maximum absolute atomic E-state index is 13.0. The van der Waals surface area contributed by atoms with Crippen LogP contribution in [0.3, 0.4) is 0 Å². The van der Waals surface area contributed by atoms with Crippen LogP contribution >= 0.6 is 0 Å². The van der Waals surface area contributed by atoms with Crippen molar-refractivity contribution >= 4 is 17.5 Å². The van der Waals surface area contributed by atoms with Crippen LogP contribution in [0, 0.1) is 11.7 Å². The molecule has 1 N–H and O–H groups in total. The summed E-state index contributed by atoms with van der Waals surface area (Å²) in [6.07, 6.45) is 5.70. The van der Waals surface area contributed by atoms with Gasteiger partial charge in [-0.05, 0) is 37.1 Å². The standard InChI is InChI=1S/C17H21FN4O2/c18-13-6-8-15(9-7-13)22-11-12(10-16(22)23)17(24)20-21-19-14-4-2-1-3-5-14/h6-9,12,14H,1-5,10-11H2,(H,19,20,24). The van der Waals surface area contributed by atoms with Gasteiger partial charge in [0, 0.05) is 18.7 Å². The van der Waals surface area contributed by atoms with Gasteiger partial charge in [0.1, 0.15) is 5.82 Å². The summed E-state index contributed by atoms with van der Waals surface area (Å²) in [6, 6.07) is 5.87. The number of carbonyl (C=O) groups is 2. The third kappa shape index (κ3) is 3.96. The zero-order chi connectivity index (χ0) is 16.9. The molecule has 2 aliphatic rings. The fourth-order valence-electron chi connectivity index (χ4n) is 3.20. The van der Waals surface area contributed by atoms with E-state index in [1.165, 1.54) is 35.6 Å². The van der Waals surface area contributed by atoms with Crippen molar-refractivity contribution in [2.24, 2.45) is 16.3 Å². The zero-order valence-electron chi connectivity index (χ0n) is 13.4. The summed E-state index contributed by atoms with van der Waals surface area (Å²) in [4.78, 5) is 25.8. The fourth-order valence-corrected chi connectivity index (χ4v) is 3.20. The van der Waals surface area contributed by atoms with Gasteiger partial charge in [0.05, 0.1) is 12.0 Å². The van der Waals surface area contributed by atoms with Gasteiger partial charge >= 0.3 is 0 Å². The lowest BCUT2D eigenvalue weighted by Gasteiger charge is -2.16. The molecule has 0 spiro atoms. The molecule has 1 aliphatic heterocycles. The molecule has 1 saturated heterocycles. The number of hydrogen-bond donors (Lipinski definition) is 1. The molecule has 3 rings (SSSR count). The number of rotatable bonds is 4. The number of halogens is 1. The van der Waals surface area contributed by atoms with Crippen LogP contribution in [0.1, 0.15) is 38.5 Å². The number of nitrogens with one attached hydrogen (secondary N) is 1. The molecule has 7 heteroatoms. The van der Waals surface area contributed by atoms with Crippen LogP contribution in [-0.2, 0) is 9.59 Å². The van der Waals surface area contributed by atoms with Crippen LogP contribution in [0.2, 0.25) is 0 Å². The van der Waals surface area contributed by atoms with Gasteiger partial charge in [0.2, 0.25) is 11.8 Å². The van der Waals surface area contributed by atoms with E-state index < -0.39 is 5.92 Å². The smallest absolute Gasteiger partial charge is 0.246 e. The molecule has 128 valence electrons. The molecule has 0 aromatic heterocycles. The molecule has 2 fully saturated rings. The van der Waals surface area contributed by atoms with Crippen molar-refractivity contribution < 1.29 is 14.0 Å². The first-order chi connectivity index (χ1) is 11.6. The van der Waals surface area contributed by atoms with Crippen molar-refractivity contribution in [3.63, 3.8) is 0 Å². The van der Waals surface area contributed by atoms with E-state index in [2.05, 4.69) is 15.8 Å².